The van der Waals surface area contributed by atoms with Gasteiger partial charge in [0.15, 0.2) is 5.78 Å². The van der Waals surface area contributed by atoms with Crippen molar-refractivity contribution >= 4 is 22.7 Å². The minimum absolute atomic E-state index is 0.0963. The summed E-state index contributed by atoms with van der Waals surface area (Å²) in [6.07, 6.45) is 0.969. The van der Waals surface area contributed by atoms with Gasteiger partial charge in [-0.25, -0.2) is 4.79 Å². The van der Waals surface area contributed by atoms with Crippen LogP contribution >= 0.6 is 0 Å². The van der Waals surface area contributed by atoms with Crippen LogP contribution in [0, 0.1) is 0 Å². The van der Waals surface area contributed by atoms with Gasteiger partial charge in [-0.05, 0) is 49.2 Å². The predicted octanol–water partition coefficient (Wildman–Crippen LogP) is 3.67. The average molecular weight is 407 g/mol. The molecule has 4 rings (SSSR count). The molecule has 156 valence electrons. The minimum Gasteiger partial charge on any atom is -0.460 e. The van der Waals surface area contributed by atoms with Crippen LogP contribution in [0.2, 0.25) is 0 Å². The standard InChI is InChI=1S/C24H25NO5/c1-2-28-24(27)22-14-18-12-17(8-9-20(18)30-22)13-19(26)23-21(10-11-25-23)29-15-16-6-4-3-5-7-16/h3-9,12,14,21,23,25H,2,10-11,13,15H2,1H3/t21-,23+/m0/s1. The number of esters is 1. The lowest BCUT2D eigenvalue weighted by Gasteiger charge is -2.19. The van der Waals surface area contributed by atoms with E-state index in [1.807, 2.05) is 42.5 Å². The topological polar surface area (TPSA) is 77.8 Å². The molecule has 1 N–H and O–H groups in total. The Labute approximate surface area is 175 Å². The molecule has 0 radical (unpaired) electrons. The maximum Gasteiger partial charge on any atom is 0.374 e. The lowest BCUT2D eigenvalue weighted by molar-refractivity contribution is -0.123. The Hall–Kier alpha value is -2.96. The van der Waals surface area contributed by atoms with Crippen molar-refractivity contribution in [3.8, 4) is 0 Å². The molecule has 2 atom stereocenters. The summed E-state index contributed by atoms with van der Waals surface area (Å²) in [4.78, 5) is 24.8. The molecule has 2 heterocycles. The summed E-state index contributed by atoms with van der Waals surface area (Å²) in [5.74, 6) is -0.221. The summed E-state index contributed by atoms with van der Waals surface area (Å²) in [5, 5.41) is 4.06. The minimum atomic E-state index is -0.486. The van der Waals surface area contributed by atoms with Gasteiger partial charge < -0.3 is 19.2 Å². The Kier molecular flexibility index (Phi) is 6.26. The Balaban J connectivity index is 1.40. The first-order chi connectivity index (χ1) is 14.6. The number of carbonyl (C=O) groups is 2. The molecule has 1 saturated heterocycles. The molecule has 1 aliphatic rings. The van der Waals surface area contributed by atoms with Gasteiger partial charge in [0.1, 0.15) is 5.58 Å². The van der Waals surface area contributed by atoms with Gasteiger partial charge in [0.05, 0.1) is 25.4 Å². The van der Waals surface area contributed by atoms with Crippen LogP contribution in [-0.4, -0.2) is 37.0 Å². The van der Waals surface area contributed by atoms with Gasteiger partial charge in [0.2, 0.25) is 5.76 Å². The SMILES string of the molecule is CCOC(=O)c1cc2cc(CC(=O)[C@H]3NCC[C@@H]3OCc3ccccc3)ccc2o1. The highest BCUT2D eigenvalue weighted by molar-refractivity contribution is 5.93. The maximum absolute atomic E-state index is 12.9. The first-order valence-electron chi connectivity index (χ1n) is 10.2. The van der Waals surface area contributed by atoms with Crippen molar-refractivity contribution < 1.29 is 23.5 Å². The summed E-state index contributed by atoms with van der Waals surface area (Å²) < 4.78 is 16.6. The Morgan fingerprint density at radius 3 is 2.73 bits per heavy atom. The van der Waals surface area contributed by atoms with Gasteiger partial charge in [-0.15, -0.1) is 0 Å². The fourth-order valence-electron chi connectivity index (χ4n) is 3.77. The third kappa shape index (κ3) is 4.61. The van der Waals surface area contributed by atoms with Crippen LogP contribution in [0.1, 0.15) is 35.0 Å². The van der Waals surface area contributed by atoms with Crippen LogP contribution in [0.25, 0.3) is 11.0 Å². The van der Waals surface area contributed by atoms with E-state index in [4.69, 9.17) is 13.9 Å². The number of ketones is 1. The molecule has 0 amide bonds. The molecule has 6 heteroatoms. The number of hydrogen-bond acceptors (Lipinski definition) is 6. The van der Waals surface area contributed by atoms with Crippen LogP contribution in [-0.2, 0) is 27.3 Å². The summed E-state index contributed by atoms with van der Waals surface area (Å²) in [6.45, 7) is 3.30. The fourth-order valence-corrected chi connectivity index (χ4v) is 3.77. The molecule has 0 saturated carbocycles. The highest BCUT2D eigenvalue weighted by Crippen LogP contribution is 2.23. The lowest BCUT2D eigenvalue weighted by atomic mass is 10.00. The second-order valence-electron chi connectivity index (χ2n) is 7.40. The maximum atomic E-state index is 12.9. The Morgan fingerprint density at radius 2 is 1.93 bits per heavy atom. The van der Waals surface area contributed by atoms with E-state index in [-0.39, 0.29) is 30.3 Å². The molecular weight excluding hydrogens is 382 g/mol. The molecule has 0 spiro atoms. The Bertz CT molecular complexity index is 1030. The van der Waals surface area contributed by atoms with Crippen LogP contribution in [0.15, 0.2) is 59.0 Å². The van der Waals surface area contributed by atoms with Crippen molar-refractivity contribution in [3.63, 3.8) is 0 Å². The van der Waals surface area contributed by atoms with Gasteiger partial charge in [0, 0.05) is 11.8 Å². The van der Waals surface area contributed by atoms with Crippen molar-refractivity contribution in [1.29, 1.82) is 0 Å². The average Bonchev–Trinajstić information content (AvgIpc) is 3.40. The van der Waals surface area contributed by atoms with Gasteiger partial charge in [0.25, 0.3) is 0 Å². The number of carbonyl (C=O) groups excluding carboxylic acids is 2. The van der Waals surface area contributed by atoms with E-state index >= 15 is 0 Å². The van der Waals surface area contributed by atoms with Crippen LogP contribution in [0.3, 0.4) is 0 Å². The molecule has 6 nitrogen and oxygen atoms in total. The van der Waals surface area contributed by atoms with E-state index < -0.39 is 5.97 Å². The smallest absolute Gasteiger partial charge is 0.374 e. The number of rotatable bonds is 8. The number of nitrogens with one attached hydrogen (secondary N) is 1. The highest BCUT2D eigenvalue weighted by Gasteiger charge is 2.33. The van der Waals surface area contributed by atoms with Crippen LogP contribution in [0.4, 0.5) is 0 Å². The van der Waals surface area contributed by atoms with E-state index in [0.29, 0.717) is 18.6 Å². The number of fused-ring (bicyclic) bond motifs is 1. The quantitative estimate of drug-likeness (QED) is 0.574. The van der Waals surface area contributed by atoms with Gasteiger partial charge >= 0.3 is 5.97 Å². The number of hydrogen-bond donors (Lipinski definition) is 1. The zero-order valence-corrected chi connectivity index (χ0v) is 16.9. The number of benzene rings is 2. The zero-order valence-electron chi connectivity index (χ0n) is 16.9. The molecule has 30 heavy (non-hydrogen) atoms. The normalized spacial score (nSPS) is 18.6. The first kappa shape index (κ1) is 20.3. The van der Waals surface area contributed by atoms with Gasteiger partial charge in [-0.2, -0.15) is 0 Å². The van der Waals surface area contributed by atoms with Gasteiger partial charge in [-0.1, -0.05) is 36.4 Å². The molecule has 3 aromatic rings. The van der Waals surface area contributed by atoms with E-state index in [1.54, 1.807) is 19.1 Å². The molecule has 0 unspecified atom stereocenters. The molecular formula is C24H25NO5. The zero-order chi connectivity index (χ0) is 20.9. The monoisotopic (exact) mass is 407 g/mol. The molecule has 1 fully saturated rings. The van der Waals surface area contributed by atoms with Crippen molar-refractivity contribution in [2.24, 2.45) is 0 Å². The van der Waals surface area contributed by atoms with Crippen LogP contribution in [0.5, 0.6) is 0 Å². The fraction of sp³-hybridized carbons (Fsp3) is 0.333. The predicted molar refractivity (Wildman–Crippen MR) is 112 cm³/mol. The third-order valence-electron chi connectivity index (χ3n) is 5.25. The first-order valence-corrected chi connectivity index (χ1v) is 10.2. The molecule has 0 aliphatic carbocycles. The highest BCUT2D eigenvalue weighted by atomic mass is 16.5. The van der Waals surface area contributed by atoms with Crippen molar-refractivity contribution in [2.45, 2.75) is 38.5 Å². The van der Waals surface area contributed by atoms with Crippen molar-refractivity contribution in [1.82, 2.24) is 5.32 Å². The number of ether oxygens (including phenoxy) is 2. The van der Waals surface area contributed by atoms with Crippen molar-refractivity contribution in [2.75, 3.05) is 13.2 Å². The van der Waals surface area contributed by atoms with E-state index in [1.165, 1.54) is 0 Å². The summed E-state index contributed by atoms with van der Waals surface area (Å²) >= 11 is 0. The molecule has 0 bridgehead atoms. The van der Waals surface area contributed by atoms with Crippen molar-refractivity contribution in [3.05, 3.63) is 71.5 Å². The number of Topliss-reactive ketones (excluding diaryl/α,β-unsaturated/α-hetero) is 1. The Morgan fingerprint density at radius 1 is 1.10 bits per heavy atom. The number of furan rings is 1. The second-order valence-corrected chi connectivity index (χ2v) is 7.40. The molecule has 1 aromatic heterocycles. The van der Waals surface area contributed by atoms with E-state index in [0.717, 1.165) is 29.5 Å². The third-order valence-corrected chi connectivity index (χ3v) is 5.25. The van der Waals surface area contributed by atoms with Crippen LogP contribution < -0.4 is 5.32 Å². The van der Waals surface area contributed by atoms with E-state index in [9.17, 15) is 9.59 Å². The summed E-state index contributed by atoms with van der Waals surface area (Å²) in [5.41, 5.74) is 2.56. The van der Waals surface area contributed by atoms with Gasteiger partial charge in [-0.3, -0.25) is 4.79 Å². The summed E-state index contributed by atoms with van der Waals surface area (Å²) in [6, 6.07) is 16.8. The second kappa shape index (κ2) is 9.24. The molecule has 1 aliphatic heterocycles. The molecule has 2 aromatic carbocycles. The van der Waals surface area contributed by atoms with E-state index in [2.05, 4.69) is 5.32 Å². The largest absolute Gasteiger partial charge is 0.460 e. The summed E-state index contributed by atoms with van der Waals surface area (Å²) in [7, 11) is 0. The lowest BCUT2D eigenvalue weighted by Crippen LogP contribution is -2.40.